The highest BCUT2D eigenvalue weighted by molar-refractivity contribution is 9.11. The minimum Gasteiger partial charge on any atom is -0.316 e. The summed E-state index contributed by atoms with van der Waals surface area (Å²) >= 11 is 8.69. The van der Waals surface area contributed by atoms with Gasteiger partial charge >= 0.3 is 0 Å². The fourth-order valence-electron chi connectivity index (χ4n) is 1.90. The van der Waals surface area contributed by atoms with Gasteiger partial charge in [-0.15, -0.1) is 10.2 Å². The molecule has 3 nitrogen and oxygen atoms in total. The van der Waals surface area contributed by atoms with Crippen molar-refractivity contribution in [2.24, 2.45) is 5.92 Å². The molecule has 0 radical (unpaired) electrons. The first kappa shape index (κ1) is 17.1. The second-order valence-corrected chi connectivity index (χ2v) is 8.25. The molecule has 6 heteroatoms. The number of nitrogens with one attached hydrogen (secondary N) is 1. The fourth-order valence-corrected chi connectivity index (χ4v) is 4.07. The zero-order chi connectivity index (χ0) is 15.2. The van der Waals surface area contributed by atoms with Gasteiger partial charge in [0.2, 0.25) is 0 Å². The summed E-state index contributed by atoms with van der Waals surface area (Å²) < 4.78 is 2.09. The lowest BCUT2D eigenvalue weighted by Gasteiger charge is -2.05. The van der Waals surface area contributed by atoms with Crippen LogP contribution in [0.1, 0.15) is 25.3 Å². The number of aromatic nitrogens is 2. The van der Waals surface area contributed by atoms with Crippen molar-refractivity contribution < 1.29 is 0 Å². The summed E-state index contributed by atoms with van der Waals surface area (Å²) in [7, 11) is 0. The minimum atomic E-state index is 0.702. The van der Waals surface area contributed by atoms with Gasteiger partial charge < -0.3 is 5.32 Å². The number of benzene rings is 1. The van der Waals surface area contributed by atoms with Crippen molar-refractivity contribution in [1.82, 2.24) is 15.5 Å². The van der Waals surface area contributed by atoms with E-state index in [-0.39, 0.29) is 0 Å². The first-order valence-corrected chi connectivity index (χ1v) is 9.44. The summed E-state index contributed by atoms with van der Waals surface area (Å²) in [4.78, 5) is 0. The van der Waals surface area contributed by atoms with E-state index in [4.69, 9.17) is 0 Å². The van der Waals surface area contributed by atoms with Crippen LogP contribution in [0.4, 0.5) is 0 Å². The molecule has 0 aliphatic rings. The Morgan fingerprint density at radius 3 is 2.52 bits per heavy atom. The first-order valence-electron chi connectivity index (χ1n) is 7.04. The maximum atomic E-state index is 4.30. The Morgan fingerprint density at radius 2 is 1.86 bits per heavy atom. The van der Waals surface area contributed by atoms with Gasteiger partial charge in [-0.3, -0.25) is 0 Å². The van der Waals surface area contributed by atoms with Crippen LogP contribution in [0.5, 0.6) is 0 Å². The van der Waals surface area contributed by atoms with Gasteiger partial charge in [-0.25, -0.2) is 0 Å². The van der Waals surface area contributed by atoms with Crippen LogP contribution in [-0.2, 0) is 6.42 Å². The Kier molecular flexibility index (Phi) is 6.79. The van der Waals surface area contributed by atoms with Gasteiger partial charge in [0, 0.05) is 20.9 Å². The molecule has 2 rings (SSSR count). The summed E-state index contributed by atoms with van der Waals surface area (Å²) in [6.07, 6.45) is 2.08. The molecule has 0 fully saturated rings. The number of aryl methyl sites for hydroxylation is 1. The monoisotopic (exact) mass is 431 g/mol. The van der Waals surface area contributed by atoms with Gasteiger partial charge in [0.25, 0.3) is 0 Å². The number of halogens is 2. The SMILES string of the molecule is CC(C)CNCCCc1nnc(-c2cc(Br)cc(Br)c2)s1. The van der Waals surface area contributed by atoms with Crippen LogP contribution < -0.4 is 5.32 Å². The molecule has 1 N–H and O–H groups in total. The van der Waals surface area contributed by atoms with E-state index in [1.807, 2.05) is 6.07 Å². The molecule has 1 aromatic carbocycles. The van der Waals surface area contributed by atoms with Crippen molar-refractivity contribution in [3.8, 4) is 10.6 Å². The highest BCUT2D eigenvalue weighted by Gasteiger charge is 2.08. The Bertz CT molecular complexity index is 564. The van der Waals surface area contributed by atoms with Gasteiger partial charge in [-0.05, 0) is 43.6 Å². The maximum Gasteiger partial charge on any atom is 0.147 e. The van der Waals surface area contributed by atoms with Crippen molar-refractivity contribution in [2.45, 2.75) is 26.7 Å². The smallest absolute Gasteiger partial charge is 0.147 e. The van der Waals surface area contributed by atoms with Crippen molar-refractivity contribution >= 4 is 43.2 Å². The Labute approximate surface area is 146 Å². The van der Waals surface area contributed by atoms with Crippen LogP contribution in [0.15, 0.2) is 27.1 Å². The lowest BCUT2D eigenvalue weighted by Crippen LogP contribution is -2.21. The van der Waals surface area contributed by atoms with Gasteiger partial charge in [0.05, 0.1) is 0 Å². The van der Waals surface area contributed by atoms with E-state index in [9.17, 15) is 0 Å². The van der Waals surface area contributed by atoms with Crippen molar-refractivity contribution in [3.63, 3.8) is 0 Å². The largest absolute Gasteiger partial charge is 0.316 e. The third-order valence-corrected chi connectivity index (χ3v) is 4.82. The van der Waals surface area contributed by atoms with E-state index in [1.54, 1.807) is 11.3 Å². The highest BCUT2D eigenvalue weighted by Crippen LogP contribution is 2.29. The standard InChI is InChI=1S/C15H19Br2N3S/c1-10(2)9-18-5-3-4-14-19-20-15(21-14)11-6-12(16)8-13(17)7-11/h6-8,10,18H,3-5,9H2,1-2H3. The second-order valence-electron chi connectivity index (χ2n) is 5.36. The summed E-state index contributed by atoms with van der Waals surface area (Å²) in [5.41, 5.74) is 1.10. The molecule has 21 heavy (non-hydrogen) atoms. The summed E-state index contributed by atoms with van der Waals surface area (Å²) in [5.74, 6) is 0.702. The lowest BCUT2D eigenvalue weighted by molar-refractivity contribution is 0.542. The molecule has 0 amide bonds. The van der Waals surface area contributed by atoms with E-state index in [2.05, 4.69) is 73.4 Å². The maximum absolute atomic E-state index is 4.30. The number of rotatable bonds is 7. The summed E-state index contributed by atoms with van der Waals surface area (Å²) in [6.45, 7) is 6.56. The van der Waals surface area contributed by atoms with Crippen LogP contribution in [0, 0.1) is 5.92 Å². The van der Waals surface area contributed by atoms with Gasteiger partial charge in [-0.2, -0.15) is 0 Å². The predicted molar refractivity (Wildman–Crippen MR) is 96.8 cm³/mol. The van der Waals surface area contributed by atoms with E-state index in [1.165, 1.54) is 0 Å². The molecule has 0 aliphatic heterocycles. The van der Waals surface area contributed by atoms with Gasteiger partial charge in [0.15, 0.2) is 0 Å². The van der Waals surface area contributed by atoms with E-state index in [0.29, 0.717) is 5.92 Å². The quantitative estimate of drug-likeness (QED) is 0.631. The van der Waals surface area contributed by atoms with Crippen LogP contribution >= 0.6 is 43.2 Å². The van der Waals surface area contributed by atoms with Crippen molar-refractivity contribution in [3.05, 3.63) is 32.2 Å². The van der Waals surface area contributed by atoms with Crippen molar-refractivity contribution in [1.29, 1.82) is 0 Å². The summed E-state index contributed by atoms with van der Waals surface area (Å²) in [5, 5.41) is 14.1. The fraction of sp³-hybridized carbons (Fsp3) is 0.467. The van der Waals surface area contributed by atoms with E-state index >= 15 is 0 Å². The van der Waals surface area contributed by atoms with Crippen LogP contribution in [0.25, 0.3) is 10.6 Å². The molecule has 114 valence electrons. The third-order valence-electron chi connectivity index (χ3n) is 2.87. The average Bonchev–Trinajstić information content (AvgIpc) is 2.85. The molecule has 0 bridgehead atoms. The zero-order valence-electron chi connectivity index (χ0n) is 12.2. The molecular weight excluding hydrogens is 414 g/mol. The molecular formula is C15H19Br2N3S. The molecule has 0 unspecified atom stereocenters. The Morgan fingerprint density at radius 1 is 1.14 bits per heavy atom. The highest BCUT2D eigenvalue weighted by atomic mass is 79.9. The molecule has 0 atom stereocenters. The third kappa shape index (κ3) is 5.77. The Balaban J connectivity index is 1.89. The number of hydrogen-bond acceptors (Lipinski definition) is 4. The molecule has 0 spiro atoms. The minimum absolute atomic E-state index is 0.702. The van der Waals surface area contributed by atoms with Crippen LogP contribution in [0.2, 0.25) is 0 Å². The van der Waals surface area contributed by atoms with E-state index < -0.39 is 0 Å². The number of nitrogens with zero attached hydrogens (tertiary/aromatic N) is 2. The molecule has 2 aromatic rings. The van der Waals surface area contributed by atoms with Gasteiger partial charge in [-0.1, -0.05) is 57.0 Å². The average molecular weight is 433 g/mol. The lowest BCUT2D eigenvalue weighted by atomic mass is 10.2. The second kappa shape index (κ2) is 8.36. The first-order chi connectivity index (χ1) is 10.0. The topological polar surface area (TPSA) is 37.8 Å². The molecule has 0 saturated carbocycles. The molecule has 0 saturated heterocycles. The van der Waals surface area contributed by atoms with Crippen LogP contribution in [0.3, 0.4) is 0 Å². The molecule has 1 aromatic heterocycles. The predicted octanol–water partition coefficient (Wildman–Crippen LogP) is 4.91. The van der Waals surface area contributed by atoms with Crippen LogP contribution in [-0.4, -0.2) is 23.3 Å². The normalized spacial score (nSPS) is 11.3. The van der Waals surface area contributed by atoms with E-state index in [0.717, 1.165) is 50.5 Å². The van der Waals surface area contributed by atoms with Crippen molar-refractivity contribution in [2.75, 3.05) is 13.1 Å². The zero-order valence-corrected chi connectivity index (χ0v) is 16.2. The summed E-state index contributed by atoms with van der Waals surface area (Å²) in [6, 6.07) is 6.16. The molecule has 1 heterocycles. The Hall–Kier alpha value is -0.300. The molecule has 0 aliphatic carbocycles. The number of hydrogen-bond donors (Lipinski definition) is 1. The van der Waals surface area contributed by atoms with Gasteiger partial charge in [0.1, 0.15) is 10.0 Å².